The van der Waals surface area contributed by atoms with E-state index in [1.807, 2.05) is 17.8 Å². The number of aromatic nitrogens is 1. The summed E-state index contributed by atoms with van der Waals surface area (Å²) in [6.45, 7) is 2.15. The molecule has 2 rings (SSSR count). The van der Waals surface area contributed by atoms with Gasteiger partial charge in [0.1, 0.15) is 5.01 Å². The van der Waals surface area contributed by atoms with Crippen molar-refractivity contribution in [1.29, 1.82) is 0 Å². The first kappa shape index (κ1) is 8.63. The molecule has 0 aromatic carbocycles. The van der Waals surface area contributed by atoms with Crippen molar-refractivity contribution in [3.05, 3.63) is 22.7 Å². The highest BCUT2D eigenvalue weighted by Crippen LogP contribution is 2.24. The van der Waals surface area contributed by atoms with Gasteiger partial charge in [-0.1, -0.05) is 0 Å². The monoisotopic (exact) mass is 192 g/mol. The molecule has 0 aliphatic carbocycles. The van der Waals surface area contributed by atoms with Gasteiger partial charge in [-0.25, -0.2) is 4.98 Å². The predicted octanol–water partition coefficient (Wildman–Crippen LogP) is 2.78. The summed E-state index contributed by atoms with van der Waals surface area (Å²) >= 11 is 1.70. The lowest BCUT2D eigenvalue weighted by molar-refractivity contribution is 0.691. The molecule has 68 valence electrons. The molecule has 0 fully saturated rings. The number of hydrogen-bond acceptors (Lipinski definition) is 3. The Morgan fingerprint density at radius 1 is 1.54 bits per heavy atom. The van der Waals surface area contributed by atoms with E-state index in [4.69, 9.17) is 0 Å². The molecule has 2 heterocycles. The summed E-state index contributed by atoms with van der Waals surface area (Å²) in [6.07, 6.45) is 8.07. The SMILES string of the molecule is CC1CCC(c2nccs2)=CC=N1. The lowest BCUT2D eigenvalue weighted by atomic mass is 10.1. The van der Waals surface area contributed by atoms with Crippen LogP contribution >= 0.6 is 11.3 Å². The highest BCUT2D eigenvalue weighted by atomic mass is 32.1. The van der Waals surface area contributed by atoms with Gasteiger partial charge < -0.3 is 0 Å². The Bertz CT molecular complexity index is 325. The molecular formula is C10H12N2S. The molecule has 0 N–H and O–H groups in total. The largest absolute Gasteiger partial charge is 0.290 e. The van der Waals surface area contributed by atoms with E-state index >= 15 is 0 Å². The van der Waals surface area contributed by atoms with E-state index in [0.717, 1.165) is 17.8 Å². The molecule has 0 amide bonds. The molecule has 0 spiro atoms. The Balaban J connectivity index is 2.18. The Labute approximate surface area is 82.0 Å². The molecule has 1 atom stereocenters. The zero-order chi connectivity index (χ0) is 9.10. The summed E-state index contributed by atoms with van der Waals surface area (Å²) in [5, 5.41) is 3.15. The van der Waals surface area contributed by atoms with Crippen LogP contribution in [0.4, 0.5) is 0 Å². The van der Waals surface area contributed by atoms with Crippen LogP contribution in [0, 0.1) is 0 Å². The highest BCUT2D eigenvalue weighted by Gasteiger charge is 2.08. The van der Waals surface area contributed by atoms with Gasteiger partial charge in [0.05, 0.1) is 0 Å². The third-order valence-corrected chi connectivity index (χ3v) is 3.00. The number of thiazole rings is 1. The minimum Gasteiger partial charge on any atom is -0.290 e. The molecule has 0 saturated carbocycles. The van der Waals surface area contributed by atoms with Gasteiger partial charge in [-0.2, -0.15) is 0 Å². The van der Waals surface area contributed by atoms with E-state index in [1.165, 1.54) is 5.57 Å². The van der Waals surface area contributed by atoms with Crippen LogP contribution in [0.25, 0.3) is 5.57 Å². The lowest BCUT2D eigenvalue weighted by Crippen LogP contribution is -1.95. The van der Waals surface area contributed by atoms with Crippen molar-refractivity contribution in [2.75, 3.05) is 0 Å². The molecule has 1 aromatic rings. The molecular weight excluding hydrogens is 180 g/mol. The van der Waals surface area contributed by atoms with E-state index < -0.39 is 0 Å². The van der Waals surface area contributed by atoms with Crippen molar-refractivity contribution < 1.29 is 0 Å². The first-order valence-corrected chi connectivity index (χ1v) is 5.36. The molecule has 0 bridgehead atoms. The van der Waals surface area contributed by atoms with Crippen molar-refractivity contribution in [2.45, 2.75) is 25.8 Å². The average molecular weight is 192 g/mol. The summed E-state index contributed by atoms with van der Waals surface area (Å²) in [6, 6.07) is 0.453. The van der Waals surface area contributed by atoms with Crippen molar-refractivity contribution >= 4 is 23.1 Å². The van der Waals surface area contributed by atoms with Crippen LogP contribution in [0.1, 0.15) is 24.8 Å². The van der Waals surface area contributed by atoms with Crippen molar-refractivity contribution in [3.63, 3.8) is 0 Å². The number of nitrogens with zero attached hydrogens (tertiary/aromatic N) is 2. The van der Waals surface area contributed by atoms with E-state index in [1.54, 1.807) is 11.3 Å². The quantitative estimate of drug-likeness (QED) is 0.671. The fraction of sp³-hybridized carbons (Fsp3) is 0.400. The van der Waals surface area contributed by atoms with Gasteiger partial charge in [-0.15, -0.1) is 11.3 Å². The van der Waals surface area contributed by atoms with Crippen molar-refractivity contribution in [1.82, 2.24) is 4.98 Å². The van der Waals surface area contributed by atoms with Gasteiger partial charge in [0.2, 0.25) is 0 Å². The lowest BCUT2D eigenvalue weighted by Gasteiger charge is -2.03. The van der Waals surface area contributed by atoms with Crippen LogP contribution in [0.15, 0.2) is 22.6 Å². The van der Waals surface area contributed by atoms with E-state index in [2.05, 4.69) is 23.0 Å². The van der Waals surface area contributed by atoms with E-state index in [0.29, 0.717) is 6.04 Å². The maximum Gasteiger partial charge on any atom is 0.119 e. The van der Waals surface area contributed by atoms with Gasteiger partial charge in [0.15, 0.2) is 0 Å². The topological polar surface area (TPSA) is 25.2 Å². The molecule has 13 heavy (non-hydrogen) atoms. The van der Waals surface area contributed by atoms with E-state index in [-0.39, 0.29) is 0 Å². The molecule has 1 aliphatic heterocycles. The normalized spacial score (nSPS) is 22.5. The van der Waals surface area contributed by atoms with Gasteiger partial charge in [-0.3, -0.25) is 4.99 Å². The van der Waals surface area contributed by atoms with Crippen molar-refractivity contribution in [2.24, 2.45) is 4.99 Å². The summed E-state index contributed by atoms with van der Waals surface area (Å²) < 4.78 is 0. The van der Waals surface area contributed by atoms with Gasteiger partial charge in [0.25, 0.3) is 0 Å². The van der Waals surface area contributed by atoms with Crippen LogP contribution in [0.3, 0.4) is 0 Å². The van der Waals surface area contributed by atoms with E-state index in [9.17, 15) is 0 Å². The number of aliphatic imine (C=N–C) groups is 1. The summed E-state index contributed by atoms with van der Waals surface area (Å²) in [7, 11) is 0. The summed E-state index contributed by atoms with van der Waals surface area (Å²) in [4.78, 5) is 8.65. The minimum atomic E-state index is 0.453. The fourth-order valence-corrected chi connectivity index (χ4v) is 2.06. The smallest absolute Gasteiger partial charge is 0.119 e. The maximum absolute atomic E-state index is 4.36. The van der Waals surface area contributed by atoms with Gasteiger partial charge in [0, 0.05) is 23.8 Å². The highest BCUT2D eigenvalue weighted by molar-refractivity contribution is 7.10. The predicted molar refractivity (Wildman–Crippen MR) is 57.3 cm³/mol. The fourth-order valence-electron chi connectivity index (χ4n) is 1.36. The molecule has 0 radical (unpaired) electrons. The van der Waals surface area contributed by atoms with Crippen LogP contribution < -0.4 is 0 Å². The Kier molecular flexibility index (Phi) is 2.54. The van der Waals surface area contributed by atoms with Crippen LogP contribution in [0.5, 0.6) is 0 Å². The standard InChI is InChI=1S/C10H12N2S/c1-8-2-3-9(4-5-11-8)10-12-6-7-13-10/h4-8H,2-3H2,1H3. The van der Waals surface area contributed by atoms with Gasteiger partial charge in [-0.05, 0) is 31.4 Å². The second-order valence-corrected chi connectivity index (χ2v) is 4.11. The molecule has 2 nitrogen and oxygen atoms in total. The molecule has 1 aliphatic rings. The Morgan fingerprint density at radius 2 is 2.46 bits per heavy atom. The molecule has 1 unspecified atom stereocenters. The molecule has 3 heteroatoms. The van der Waals surface area contributed by atoms with Crippen LogP contribution in [-0.4, -0.2) is 17.2 Å². The zero-order valence-corrected chi connectivity index (χ0v) is 8.42. The number of hydrogen-bond donors (Lipinski definition) is 0. The minimum absolute atomic E-state index is 0.453. The van der Waals surface area contributed by atoms with Gasteiger partial charge >= 0.3 is 0 Å². The second-order valence-electron chi connectivity index (χ2n) is 3.22. The third-order valence-electron chi connectivity index (χ3n) is 2.15. The van der Waals surface area contributed by atoms with Crippen molar-refractivity contribution in [3.8, 4) is 0 Å². The second kappa shape index (κ2) is 3.83. The summed E-state index contributed by atoms with van der Waals surface area (Å²) in [5.41, 5.74) is 1.32. The first-order valence-electron chi connectivity index (χ1n) is 4.48. The Hall–Kier alpha value is -0.960. The Morgan fingerprint density at radius 3 is 3.23 bits per heavy atom. The number of rotatable bonds is 1. The summed E-state index contributed by atoms with van der Waals surface area (Å²) in [5.74, 6) is 0. The molecule has 0 saturated heterocycles. The maximum atomic E-state index is 4.36. The average Bonchev–Trinajstić information content (AvgIpc) is 2.56. The van der Waals surface area contributed by atoms with Crippen LogP contribution in [0.2, 0.25) is 0 Å². The first-order chi connectivity index (χ1) is 6.36. The van der Waals surface area contributed by atoms with Crippen LogP contribution in [-0.2, 0) is 0 Å². The third kappa shape index (κ3) is 2.04. The molecule has 1 aromatic heterocycles. The number of allylic oxidation sites excluding steroid dienone is 2. The zero-order valence-electron chi connectivity index (χ0n) is 7.60.